The lowest BCUT2D eigenvalue weighted by Gasteiger charge is -2.24. The third kappa shape index (κ3) is 2.89. The van der Waals surface area contributed by atoms with Crippen LogP contribution in [0.3, 0.4) is 0 Å². The highest BCUT2D eigenvalue weighted by atomic mass is 32.2. The molecule has 5 nitrogen and oxygen atoms in total. The van der Waals surface area contributed by atoms with Crippen molar-refractivity contribution < 1.29 is 18.5 Å². The van der Waals surface area contributed by atoms with Crippen LogP contribution in [-0.4, -0.2) is 16.6 Å². The fraction of sp³-hybridized carbons (Fsp3) is 0.133. The van der Waals surface area contributed by atoms with Gasteiger partial charge in [0, 0.05) is 18.2 Å². The molecule has 3 rings (SSSR count). The fourth-order valence-corrected chi connectivity index (χ4v) is 3.54. The Labute approximate surface area is 134 Å². The number of carbonyl (C=O) groups is 1. The van der Waals surface area contributed by atoms with E-state index < -0.39 is 21.9 Å². The molecule has 2 aromatic carbocycles. The largest absolute Gasteiger partial charge is 0.292 e. The van der Waals surface area contributed by atoms with Gasteiger partial charge in [0.05, 0.1) is 16.4 Å². The first-order valence-electron chi connectivity index (χ1n) is 6.60. The molecule has 0 spiro atoms. The number of benzene rings is 2. The highest BCUT2D eigenvalue weighted by molar-refractivity contribution is 8.00. The van der Waals surface area contributed by atoms with Gasteiger partial charge in [-0.05, 0) is 29.8 Å². The number of non-ortho nitro benzene ring substituents is 1. The first kappa shape index (κ1) is 15.4. The van der Waals surface area contributed by atoms with E-state index in [1.165, 1.54) is 47.0 Å². The summed E-state index contributed by atoms with van der Waals surface area (Å²) in [6.07, 6.45) is 0. The molecule has 0 radical (unpaired) electrons. The maximum Gasteiger partial charge on any atom is 0.269 e. The molecular formula is C15H10F2N2O3S. The number of carbonyl (C=O) groups excluding carboxylic acids is 1. The van der Waals surface area contributed by atoms with Gasteiger partial charge in [0.15, 0.2) is 0 Å². The predicted molar refractivity (Wildman–Crippen MR) is 82.1 cm³/mol. The van der Waals surface area contributed by atoms with Gasteiger partial charge in [-0.1, -0.05) is 0 Å². The molecule has 1 unspecified atom stereocenters. The standard InChI is InChI=1S/C15H10F2N2O3S/c16-10-3-6-13(12(17)7-10)18-14(20)8-23-15(18)9-1-4-11(5-2-9)19(21)22/h1-7,15H,8H2. The Morgan fingerprint density at radius 2 is 1.87 bits per heavy atom. The molecule has 0 aliphatic carbocycles. The molecule has 0 bridgehead atoms. The molecule has 0 N–H and O–H groups in total. The van der Waals surface area contributed by atoms with Gasteiger partial charge in [-0.2, -0.15) is 0 Å². The molecule has 1 heterocycles. The average molecular weight is 336 g/mol. The molecule has 1 fully saturated rings. The van der Waals surface area contributed by atoms with E-state index in [1.807, 2.05) is 0 Å². The number of hydrogen-bond donors (Lipinski definition) is 0. The van der Waals surface area contributed by atoms with Gasteiger partial charge in [-0.25, -0.2) is 8.78 Å². The highest BCUT2D eigenvalue weighted by Gasteiger charge is 2.35. The normalized spacial score (nSPS) is 17.6. The zero-order valence-corrected chi connectivity index (χ0v) is 12.4. The smallest absolute Gasteiger partial charge is 0.269 e. The number of amides is 1. The van der Waals surface area contributed by atoms with Gasteiger partial charge in [-0.15, -0.1) is 11.8 Å². The Kier molecular flexibility index (Phi) is 3.99. The Morgan fingerprint density at radius 3 is 2.48 bits per heavy atom. The van der Waals surface area contributed by atoms with Crippen molar-refractivity contribution in [1.29, 1.82) is 0 Å². The lowest BCUT2D eigenvalue weighted by Crippen LogP contribution is -2.28. The van der Waals surface area contributed by atoms with Crippen LogP contribution in [0.2, 0.25) is 0 Å². The van der Waals surface area contributed by atoms with E-state index in [9.17, 15) is 23.7 Å². The van der Waals surface area contributed by atoms with Crippen molar-refractivity contribution in [2.45, 2.75) is 5.37 Å². The van der Waals surface area contributed by atoms with E-state index in [2.05, 4.69) is 0 Å². The van der Waals surface area contributed by atoms with Crippen LogP contribution in [0, 0.1) is 21.7 Å². The quantitative estimate of drug-likeness (QED) is 0.634. The Bertz CT molecular complexity index is 783. The summed E-state index contributed by atoms with van der Waals surface area (Å²) < 4.78 is 27.1. The number of anilines is 1. The summed E-state index contributed by atoms with van der Waals surface area (Å²) in [5.74, 6) is -1.70. The van der Waals surface area contributed by atoms with Crippen LogP contribution in [-0.2, 0) is 4.79 Å². The van der Waals surface area contributed by atoms with E-state index in [-0.39, 0.29) is 23.0 Å². The molecule has 0 aromatic heterocycles. The molecule has 1 amide bonds. The molecule has 118 valence electrons. The van der Waals surface area contributed by atoms with Crippen LogP contribution in [0.25, 0.3) is 0 Å². The molecule has 1 atom stereocenters. The van der Waals surface area contributed by atoms with Crippen LogP contribution in [0.4, 0.5) is 20.2 Å². The van der Waals surface area contributed by atoms with Gasteiger partial charge in [0.2, 0.25) is 5.91 Å². The topological polar surface area (TPSA) is 63.4 Å². The Hall–Kier alpha value is -2.48. The Balaban J connectivity index is 1.98. The summed E-state index contributed by atoms with van der Waals surface area (Å²) in [5.41, 5.74) is 0.558. The van der Waals surface area contributed by atoms with Gasteiger partial charge >= 0.3 is 0 Å². The first-order valence-corrected chi connectivity index (χ1v) is 7.65. The third-order valence-corrected chi connectivity index (χ3v) is 4.64. The minimum atomic E-state index is -0.826. The third-order valence-electron chi connectivity index (χ3n) is 3.43. The average Bonchev–Trinajstić information content (AvgIpc) is 2.89. The SMILES string of the molecule is O=C1CSC(c2ccc([N+](=O)[O-])cc2)N1c1ccc(F)cc1F. The fourth-order valence-electron chi connectivity index (χ4n) is 2.37. The number of nitro groups is 1. The lowest BCUT2D eigenvalue weighted by molar-refractivity contribution is -0.384. The Morgan fingerprint density at radius 1 is 1.17 bits per heavy atom. The summed E-state index contributed by atoms with van der Waals surface area (Å²) in [6.45, 7) is 0. The molecule has 23 heavy (non-hydrogen) atoms. The highest BCUT2D eigenvalue weighted by Crippen LogP contribution is 2.42. The number of nitrogens with zero attached hydrogens (tertiary/aromatic N) is 2. The number of hydrogen-bond acceptors (Lipinski definition) is 4. The van der Waals surface area contributed by atoms with E-state index in [0.717, 1.165) is 12.1 Å². The summed E-state index contributed by atoms with van der Waals surface area (Å²) in [6, 6.07) is 8.74. The van der Waals surface area contributed by atoms with Gasteiger partial charge < -0.3 is 0 Å². The molecule has 8 heteroatoms. The van der Waals surface area contributed by atoms with Crippen LogP contribution in [0.5, 0.6) is 0 Å². The number of rotatable bonds is 3. The van der Waals surface area contributed by atoms with Crippen molar-refractivity contribution in [3.05, 3.63) is 69.8 Å². The van der Waals surface area contributed by atoms with Gasteiger partial charge in [-0.3, -0.25) is 19.8 Å². The van der Waals surface area contributed by atoms with Crippen molar-refractivity contribution in [3.63, 3.8) is 0 Å². The first-order chi connectivity index (χ1) is 11.0. The molecule has 1 aliphatic rings. The van der Waals surface area contributed by atoms with E-state index in [1.54, 1.807) is 0 Å². The summed E-state index contributed by atoms with van der Waals surface area (Å²) >= 11 is 1.28. The number of halogens is 2. The second-order valence-corrected chi connectivity index (χ2v) is 5.94. The molecular weight excluding hydrogens is 326 g/mol. The molecule has 2 aromatic rings. The maximum absolute atomic E-state index is 14.0. The van der Waals surface area contributed by atoms with E-state index >= 15 is 0 Å². The second-order valence-electron chi connectivity index (χ2n) is 4.87. The minimum absolute atomic E-state index is 0.00949. The number of thioether (sulfide) groups is 1. The van der Waals surface area contributed by atoms with Crippen molar-refractivity contribution in [2.24, 2.45) is 0 Å². The zero-order chi connectivity index (χ0) is 16.6. The van der Waals surface area contributed by atoms with Crippen molar-refractivity contribution in [2.75, 3.05) is 10.7 Å². The predicted octanol–water partition coefficient (Wildman–Crippen LogP) is 3.65. The van der Waals surface area contributed by atoms with Crippen molar-refractivity contribution in [3.8, 4) is 0 Å². The van der Waals surface area contributed by atoms with Crippen LogP contribution < -0.4 is 4.90 Å². The van der Waals surface area contributed by atoms with Gasteiger partial charge in [0.1, 0.15) is 17.0 Å². The zero-order valence-electron chi connectivity index (χ0n) is 11.6. The summed E-state index contributed by atoms with van der Waals surface area (Å²) in [7, 11) is 0. The molecule has 1 saturated heterocycles. The van der Waals surface area contributed by atoms with Crippen LogP contribution in [0.1, 0.15) is 10.9 Å². The van der Waals surface area contributed by atoms with E-state index in [0.29, 0.717) is 5.56 Å². The monoisotopic (exact) mass is 336 g/mol. The summed E-state index contributed by atoms with van der Waals surface area (Å²) in [4.78, 5) is 23.5. The molecule has 0 saturated carbocycles. The van der Waals surface area contributed by atoms with Crippen LogP contribution >= 0.6 is 11.8 Å². The minimum Gasteiger partial charge on any atom is -0.292 e. The molecule has 1 aliphatic heterocycles. The van der Waals surface area contributed by atoms with Crippen LogP contribution in [0.15, 0.2) is 42.5 Å². The second kappa shape index (κ2) is 5.96. The van der Waals surface area contributed by atoms with Crippen molar-refractivity contribution in [1.82, 2.24) is 0 Å². The lowest BCUT2D eigenvalue weighted by atomic mass is 10.1. The number of nitro benzene ring substituents is 1. The van der Waals surface area contributed by atoms with Crippen molar-refractivity contribution >= 4 is 29.0 Å². The van der Waals surface area contributed by atoms with Gasteiger partial charge in [0.25, 0.3) is 5.69 Å². The van der Waals surface area contributed by atoms with E-state index in [4.69, 9.17) is 0 Å². The maximum atomic E-state index is 14.0. The summed E-state index contributed by atoms with van der Waals surface area (Å²) in [5, 5.41) is 10.2.